The van der Waals surface area contributed by atoms with Crippen molar-refractivity contribution in [3.63, 3.8) is 0 Å². The number of esters is 2. The Morgan fingerprint density at radius 1 is 0.595 bits per heavy atom. The van der Waals surface area contributed by atoms with Gasteiger partial charge in [0.2, 0.25) is 0 Å². The van der Waals surface area contributed by atoms with Gasteiger partial charge in [-0.2, -0.15) is 0 Å². The van der Waals surface area contributed by atoms with Crippen molar-refractivity contribution < 1.29 is 37.7 Å². The van der Waals surface area contributed by atoms with Crippen LogP contribution in [0.5, 0.6) is 11.5 Å². The van der Waals surface area contributed by atoms with Crippen molar-refractivity contribution in [2.75, 3.05) is 38.2 Å². The summed E-state index contributed by atoms with van der Waals surface area (Å²) in [6.07, 6.45) is 6.56. The first-order valence-electron chi connectivity index (χ1n) is 12.5. The molecule has 42 heavy (non-hydrogen) atoms. The molecular weight excluding hydrogens is 576 g/mol. The molecule has 10 heteroatoms. The van der Waals surface area contributed by atoms with E-state index in [1.807, 2.05) is 0 Å². The molecule has 0 heterocycles. The van der Waals surface area contributed by atoms with E-state index in [4.69, 9.17) is 9.47 Å². The second-order valence-corrected chi connectivity index (χ2v) is 11.5. The number of hydrogen-bond donors (Lipinski definition) is 2. The third-order valence-electron chi connectivity index (χ3n) is 4.45. The van der Waals surface area contributed by atoms with Gasteiger partial charge in [0.25, 0.3) is 0 Å². The number of phenolic OH excluding ortho intramolecular Hbond substituents is 2. The lowest BCUT2D eigenvalue weighted by Gasteiger charge is -2.03. The molecule has 0 saturated heterocycles. The molecule has 0 aliphatic rings. The molecule has 0 aromatic heterocycles. The summed E-state index contributed by atoms with van der Waals surface area (Å²) >= 11 is 0. The Bertz CT molecular complexity index is 1410. The van der Waals surface area contributed by atoms with Crippen LogP contribution in [0, 0.1) is 23.7 Å². The minimum Gasteiger partial charge on any atom is -0.508 e. The topological polar surface area (TPSA) is 127 Å². The number of benzene rings is 3. The molecule has 0 aliphatic heterocycles. The van der Waals surface area contributed by atoms with Crippen LogP contribution in [-0.2, 0) is 31.1 Å². The Balaban J connectivity index is 0.000000978. The molecule has 0 aliphatic carbocycles. The Hall–Kier alpha value is -4.38. The first-order chi connectivity index (χ1) is 19.8. The lowest BCUT2D eigenvalue weighted by Crippen LogP contribution is -2.04. The number of phenols is 2. The summed E-state index contributed by atoms with van der Waals surface area (Å²) in [7, 11) is -1.22. The molecule has 0 saturated carbocycles. The zero-order valence-corrected chi connectivity index (χ0v) is 26.0. The summed E-state index contributed by atoms with van der Waals surface area (Å²) in [4.78, 5) is 23.8. The predicted molar refractivity (Wildman–Crippen MR) is 167 cm³/mol. The monoisotopic (exact) mass is 610 g/mol. The summed E-state index contributed by atoms with van der Waals surface area (Å²) in [5.41, 5.74) is 2.85. The largest absolute Gasteiger partial charge is 0.508 e. The van der Waals surface area contributed by atoms with E-state index < -0.39 is 33.5 Å². The third-order valence-corrected chi connectivity index (χ3v) is 4.45. The molecule has 0 spiro atoms. The fourth-order valence-electron chi connectivity index (χ4n) is 2.96. The van der Waals surface area contributed by atoms with Crippen LogP contribution in [0.2, 0.25) is 0 Å². The maximum Gasteiger partial charge on any atom is 0.338 e. The molecule has 0 atom stereocenters. The van der Waals surface area contributed by atoms with E-state index in [-0.39, 0.29) is 35.8 Å². The van der Waals surface area contributed by atoms with Gasteiger partial charge in [0, 0.05) is 68.9 Å². The highest BCUT2D eigenvalue weighted by Crippen LogP contribution is 2.17. The van der Waals surface area contributed by atoms with Gasteiger partial charge in [-0.05, 0) is 74.5 Å². The molecule has 0 amide bonds. The number of hydrogen-bond acceptors (Lipinski definition) is 8. The SMILES string of the molecule is CCOC(=O)c1cc(O)cc(C#Cc2ccc(C#Cc3cc(O)cc(C(=O)OCC)c3)cc2)c1.CS(C)=O.CS(C)=O. The fourth-order valence-corrected chi connectivity index (χ4v) is 2.96. The summed E-state index contributed by atoms with van der Waals surface area (Å²) in [5, 5.41) is 19.7. The molecule has 222 valence electrons. The lowest BCUT2D eigenvalue weighted by atomic mass is 10.1. The number of rotatable bonds is 4. The first kappa shape index (κ1) is 35.6. The van der Waals surface area contributed by atoms with E-state index in [0.29, 0.717) is 22.3 Å². The van der Waals surface area contributed by atoms with Gasteiger partial charge in [0.1, 0.15) is 11.5 Å². The van der Waals surface area contributed by atoms with E-state index in [9.17, 15) is 28.2 Å². The summed E-state index contributed by atoms with van der Waals surface area (Å²) in [6.45, 7) is 3.89. The Labute approximate surface area is 252 Å². The molecule has 3 rings (SSSR count). The molecule has 3 aromatic carbocycles. The molecule has 3 aromatic rings. The molecule has 2 N–H and O–H groups in total. The lowest BCUT2D eigenvalue weighted by molar-refractivity contribution is 0.0516. The zero-order valence-electron chi connectivity index (χ0n) is 24.3. The van der Waals surface area contributed by atoms with Crippen molar-refractivity contribution in [1.82, 2.24) is 0 Å². The first-order valence-corrected chi connectivity index (χ1v) is 16.4. The van der Waals surface area contributed by atoms with Crippen LogP contribution in [0.3, 0.4) is 0 Å². The van der Waals surface area contributed by atoms with Gasteiger partial charge in [0.05, 0.1) is 24.3 Å². The number of aromatic hydroxyl groups is 2. The highest BCUT2D eigenvalue weighted by Gasteiger charge is 2.09. The van der Waals surface area contributed by atoms with E-state index in [0.717, 1.165) is 0 Å². The fraction of sp³-hybridized carbons (Fsp3) is 0.250. The second-order valence-electron chi connectivity index (χ2n) is 8.54. The minimum atomic E-state index is -0.611. The second kappa shape index (κ2) is 18.9. The van der Waals surface area contributed by atoms with Gasteiger partial charge in [-0.15, -0.1) is 0 Å². The quantitative estimate of drug-likeness (QED) is 0.332. The molecule has 0 unspecified atom stereocenters. The van der Waals surface area contributed by atoms with Crippen LogP contribution < -0.4 is 0 Å². The Kier molecular flexibility index (Phi) is 16.0. The zero-order chi connectivity index (χ0) is 31.7. The van der Waals surface area contributed by atoms with Crippen LogP contribution >= 0.6 is 0 Å². The molecule has 0 radical (unpaired) electrons. The van der Waals surface area contributed by atoms with Crippen molar-refractivity contribution in [3.8, 4) is 35.2 Å². The Morgan fingerprint density at radius 3 is 1.17 bits per heavy atom. The van der Waals surface area contributed by atoms with E-state index in [2.05, 4.69) is 23.7 Å². The van der Waals surface area contributed by atoms with E-state index >= 15 is 0 Å². The third kappa shape index (κ3) is 14.8. The van der Waals surface area contributed by atoms with Crippen LogP contribution in [0.15, 0.2) is 60.7 Å². The van der Waals surface area contributed by atoms with Gasteiger partial charge < -0.3 is 19.7 Å². The van der Waals surface area contributed by atoms with E-state index in [1.165, 1.54) is 24.3 Å². The van der Waals surface area contributed by atoms with Crippen molar-refractivity contribution in [2.45, 2.75) is 13.8 Å². The average Bonchev–Trinajstić information content (AvgIpc) is 2.90. The smallest absolute Gasteiger partial charge is 0.338 e. The highest BCUT2D eigenvalue weighted by atomic mass is 32.2. The molecule has 0 bridgehead atoms. The molecular formula is C32H34O8S2. The van der Waals surface area contributed by atoms with Gasteiger partial charge >= 0.3 is 11.9 Å². The maximum absolute atomic E-state index is 11.9. The maximum atomic E-state index is 11.9. The average molecular weight is 611 g/mol. The van der Waals surface area contributed by atoms with Crippen LogP contribution in [0.4, 0.5) is 0 Å². The highest BCUT2D eigenvalue weighted by molar-refractivity contribution is 7.83. The molecule has 8 nitrogen and oxygen atoms in total. The van der Waals surface area contributed by atoms with Crippen molar-refractivity contribution in [1.29, 1.82) is 0 Å². The van der Waals surface area contributed by atoms with Gasteiger partial charge in [-0.1, -0.05) is 23.7 Å². The summed E-state index contributed by atoms with van der Waals surface area (Å²) in [5.74, 6) is 10.6. The van der Waals surface area contributed by atoms with Crippen LogP contribution in [0.1, 0.15) is 56.8 Å². The number of ether oxygens (including phenoxy) is 2. The van der Waals surface area contributed by atoms with Crippen LogP contribution in [-0.4, -0.2) is 68.8 Å². The van der Waals surface area contributed by atoms with Crippen molar-refractivity contribution in [2.24, 2.45) is 0 Å². The summed E-state index contributed by atoms with van der Waals surface area (Å²) in [6, 6.07) is 15.9. The Morgan fingerprint density at radius 2 is 0.881 bits per heavy atom. The van der Waals surface area contributed by atoms with Gasteiger partial charge in [-0.25, -0.2) is 9.59 Å². The van der Waals surface area contributed by atoms with Crippen LogP contribution in [0.25, 0.3) is 0 Å². The standard InChI is InChI=1S/C28H22O6.2C2H6OS/c1-3-33-27(31)23-13-21(15-25(29)17-23)11-9-19-5-7-20(8-6-19)10-12-22-14-24(18-26(30)16-22)28(32)34-4-2;2*1-4(2)3/h5-8,13-18,29-30H,3-4H2,1-2H3;2*1-2H3. The van der Waals surface area contributed by atoms with Gasteiger partial charge in [-0.3, -0.25) is 8.42 Å². The van der Waals surface area contributed by atoms with Crippen molar-refractivity contribution in [3.05, 3.63) is 94.0 Å². The van der Waals surface area contributed by atoms with Gasteiger partial charge in [0.15, 0.2) is 0 Å². The summed E-state index contributed by atoms with van der Waals surface area (Å²) < 4.78 is 29.0. The molecule has 0 fully saturated rings. The normalized spacial score (nSPS) is 9.52. The van der Waals surface area contributed by atoms with Crippen molar-refractivity contribution >= 4 is 33.5 Å². The predicted octanol–water partition coefficient (Wildman–Crippen LogP) is 4.24. The minimum absolute atomic E-state index is 0.0708. The van der Waals surface area contributed by atoms with E-state index in [1.54, 1.807) is 75.3 Å². The number of carbonyl (C=O) groups is 2. The number of carbonyl (C=O) groups excluding carboxylic acids is 2.